The van der Waals surface area contributed by atoms with Crippen LogP contribution in [0.3, 0.4) is 0 Å². The van der Waals surface area contributed by atoms with E-state index in [9.17, 15) is 0 Å². The normalized spacial score (nSPS) is 16.9. The van der Waals surface area contributed by atoms with Gasteiger partial charge in [0.1, 0.15) is 0 Å². The van der Waals surface area contributed by atoms with E-state index in [-0.39, 0.29) is 0 Å². The Morgan fingerprint density at radius 3 is 2.41 bits per heavy atom. The number of likely N-dealkylation sites (N-methyl/N-ethyl adjacent to an activating group) is 2. The van der Waals surface area contributed by atoms with Crippen LogP contribution in [0, 0.1) is 12.8 Å². The molecule has 0 radical (unpaired) electrons. The lowest BCUT2D eigenvalue weighted by atomic mass is 10.1. The Hall–Kier alpha value is -1.02. The van der Waals surface area contributed by atoms with E-state index >= 15 is 0 Å². The molecule has 94 valence electrons. The third-order valence-corrected chi connectivity index (χ3v) is 3.76. The Morgan fingerprint density at radius 1 is 1.29 bits per heavy atom. The molecule has 0 saturated heterocycles. The van der Waals surface area contributed by atoms with Gasteiger partial charge in [-0.2, -0.15) is 0 Å². The van der Waals surface area contributed by atoms with E-state index < -0.39 is 0 Å². The molecule has 1 saturated carbocycles. The molecule has 2 rings (SSSR count). The van der Waals surface area contributed by atoms with Crippen molar-refractivity contribution in [1.29, 1.82) is 0 Å². The Balaban J connectivity index is 2.02. The van der Waals surface area contributed by atoms with Gasteiger partial charge < -0.3 is 10.2 Å². The first-order valence-corrected chi connectivity index (χ1v) is 6.73. The molecule has 1 aromatic rings. The molecule has 2 nitrogen and oxygen atoms in total. The summed E-state index contributed by atoms with van der Waals surface area (Å²) in [5.74, 6) is 0.902. The Labute approximate surface area is 105 Å². The lowest BCUT2D eigenvalue weighted by Gasteiger charge is -2.28. The molecule has 1 unspecified atom stereocenters. The first-order chi connectivity index (χ1) is 8.24. The number of anilines is 1. The molecule has 1 aliphatic carbocycles. The smallest absolute Gasteiger partial charge is 0.0366 e. The molecule has 0 spiro atoms. The summed E-state index contributed by atoms with van der Waals surface area (Å²) in [7, 11) is 2.09. The second-order valence-electron chi connectivity index (χ2n) is 5.11. The van der Waals surface area contributed by atoms with E-state index in [1.165, 1.54) is 24.1 Å². The monoisotopic (exact) mass is 232 g/mol. The number of benzene rings is 1. The van der Waals surface area contributed by atoms with Gasteiger partial charge in [0.15, 0.2) is 0 Å². The van der Waals surface area contributed by atoms with Crippen molar-refractivity contribution in [2.75, 3.05) is 25.0 Å². The predicted octanol–water partition coefficient (Wildman–Crippen LogP) is 2.82. The van der Waals surface area contributed by atoms with Crippen LogP contribution in [0.25, 0.3) is 0 Å². The van der Waals surface area contributed by atoms with Gasteiger partial charge in [-0.05, 0) is 51.8 Å². The maximum Gasteiger partial charge on any atom is 0.0366 e. The molecule has 2 heteroatoms. The van der Waals surface area contributed by atoms with Crippen LogP contribution in [0.4, 0.5) is 5.69 Å². The number of rotatable bonds is 6. The largest absolute Gasteiger partial charge is 0.370 e. The average molecular weight is 232 g/mol. The molecular formula is C15H24N2. The minimum absolute atomic E-state index is 0.649. The average Bonchev–Trinajstić information content (AvgIpc) is 3.17. The summed E-state index contributed by atoms with van der Waals surface area (Å²) in [6.07, 6.45) is 2.80. The van der Waals surface area contributed by atoms with E-state index in [2.05, 4.69) is 55.4 Å². The minimum Gasteiger partial charge on any atom is -0.370 e. The van der Waals surface area contributed by atoms with Gasteiger partial charge in [0, 0.05) is 24.8 Å². The van der Waals surface area contributed by atoms with Gasteiger partial charge in [-0.15, -0.1) is 0 Å². The number of hydrogen-bond acceptors (Lipinski definition) is 2. The second-order valence-corrected chi connectivity index (χ2v) is 5.11. The van der Waals surface area contributed by atoms with E-state index in [1.807, 2.05) is 0 Å². The van der Waals surface area contributed by atoms with Crippen molar-refractivity contribution >= 4 is 5.69 Å². The van der Waals surface area contributed by atoms with E-state index in [1.54, 1.807) is 0 Å². The summed E-state index contributed by atoms with van der Waals surface area (Å²) in [4.78, 5) is 2.47. The number of hydrogen-bond donors (Lipinski definition) is 1. The van der Waals surface area contributed by atoms with Crippen LogP contribution in [0.15, 0.2) is 24.3 Å². The summed E-state index contributed by atoms with van der Waals surface area (Å²) in [5, 5.41) is 3.47. The SMILES string of the molecule is CCN(CC(NC)C1CC1)c1ccc(C)cc1. The van der Waals surface area contributed by atoms with Crippen molar-refractivity contribution in [3.8, 4) is 0 Å². The first kappa shape index (κ1) is 12.4. The van der Waals surface area contributed by atoms with Crippen LogP contribution in [0.5, 0.6) is 0 Å². The second kappa shape index (κ2) is 5.54. The van der Waals surface area contributed by atoms with Crippen molar-refractivity contribution in [1.82, 2.24) is 5.32 Å². The van der Waals surface area contributed by atoms with Crippen LogP contribution in [-0.2, 0) is 0 Å². The zero-order valence-electron chi connectivity index (χ0n) is 11.2. The summed E-state index contributed by atoms with van der Waals surface area (Å²) in [6.45, 7) is 6.58. The topological polar surface area (TPSA) is 15.3 Å². The van der Waals surface area contributed by atoms with Gasteiger partial charge in [0.05, 0.1) is 0 Å². The zero-order valence-corrected chi connectivity index (χ0v) is 11.2. The summed E-state index contributed by atoms with van der Waals surface area (Å²) >= 11 is 0. The van der Waals surface area contributed by atoms with Gasteiger partial charge in [-0.3, -0.25) is 0 Å². The summed E-state index contributed by atoms with van der Waals surface area (Å²) < 4.78 is 0. The minimum atomic E-state index is 0.649. The van der Waals surface area contributed by atoms with Crippen LogP contribution < -0.4 is 10.2 Å². The molecule has 1 aliphatic rings. The fourth-order valence-corrected chi connectivity index (χ4v) is 2.38. The lowest BCUT2D eigenvalue weighted by molar-refractivity contribution is 0.496. The van der Waals surface area contributed by atoms with Crippen molar-refractivity contribution in [3.05, 3.63) is 29.8 Å². The summed E-state index contributed by atoms with van der Waals surface area (Å²) in [5.41, 5.74) is 2.68. The molecular weight excluding hydrogens is 208 g/mol. The van der Waals surface area contributed by atoms with Crippen LogP contribution in [0.2, 0.25) is 0 Å². The highest BCUT2D eigenvalue weighted by molar-refractivity contribution is 5.47. The van der Waals surface area contributed by atoms with Gasteiger partial charge in [-0.1, -0.05) is 17.7 Å². The van der Waals surface area contributed by atoms with Crippen molar-refractivity contribution in [2.24, 2.45) is 5.92 Å². The molecule has 0 aromatic heterocycles. The summed E-state index contributed by atoms with van der Waals surface area (Å²) in [6, 6.07) is 9.51. The van der Waals surface area contributed by atoms with E-state index in [0.717, 1.165) is 19.0 Å². The third kappa shape index (κ3) is 3.22. The highest BCUT2D eigenvalue weighted by atomic mass is 15.1. The number of nitrogens with one attached hydrogen (secondary N) is 1. The first-order valence-electron chi connectivity index (χ1n) is 6.73. The van der Waals surface area contributed by atoms with Gasteiger partial charge >= 0.3 is 0 Å². The van der Waals surface area contributed by atoms with Crippen LogP contribution in [0.1, 0.15) is 25.3 Å². The standard InChI is InChI=1S/C15H24N2/c1-4-17(11-15(16-3)13-7-8-13)14-9-5-12(2)6-10-14/h5-6,9-10,13,15-16H,4,7-8,11H2,1-3H3. The molecule has 0 aliphatic heterocycles. The quantitative estimate of drug-likeness (QED) is 0.811. The predicted molar refractivity (Wildman–Crippen MR) is 74.6 cm³/mol. The van der Waals surface area contributed by atoms with Gasteiger partial charge in [0.25, 0.3) is 0 Å². The molecule has 1 aromatic carbocycles. The third-order valence-electron chi connectivity index (χ3n) is 3.76. The Bertz CT molecular complexity index is 340. The van der Waals surface area contributed by atoms with Crippen LogP contribution in [-0.4, -0.2) is 26.2 Å². The highest BCUT2D eigenvalue weighted by Gasteiger charge is 2.31. The molecule has 0 amide bonds. The van der Waals surface area contributed by atoms with E-state index in [4.69, 9.17) is 0 Å². The molecule has 0 heterocycles. The molecule has 17 heavy (non-hydrogen) atoms. The number of aryl methyl sites for hydroxylation is 1. The lowest BCUT2D eigenvalue weighted by Crippen LogP contribution is -2.41. The van der Waals surface area contributed by atoms with Gasteiger partial charge in [0.2, 0.25) is 0 Å². The van der Waals surface area contributed by atoms with Crippen molar-refractivity contribution in [3.63, 3.8) is 0 Å². The molecule has 0 bridgehead atoms. The fourth-order valence-electron chi connectivity index (χ4n) is 2.38. The van der Waals surface area contributed by atoms with Crippen molar-refractivity contribution < 1.29 is 0 Å². The Morgan fingerprint density at radius 2 is 1.94 bits per heavy atom. The molecule has 1 atom stereocenters. The number of nitrogens with zero attached hydrogens (tertiary/aromatic N) is 1. The fraction of sp³-hybridized carbons (Fsp3) is 0.600. The highest BCUT2D eigenvalue weighted by Crippen LogP contribution is 2.33. The Kier molecular flexibility index (Phi) is 4.06. The maximum absolute atomic E-state index is 3.47. The molecule has 1 N–H and O–H groups in total. The molecule has 1 fully saturated rings. The van der Waals surface area contributed by atoms with Gasteiger partial charge in [-0.25, -0.2) is 0 Å². The maximum atomic E-state index is 3.47. The van der Waals surface area contributed by atoms with Crippen molar-refractivity contribution in [2.45, 2.75) is 32.7 Å². The van der Waals surface area contributed by atoms with Crippen LogP contribution >= 0.6 is 0 Å². The van der Waals surface area contributed by atoms with E-state index in [0.29, 0.717) is 6.04 Å². The zero-order chi connectivity index (χ0) is 12.3.